The topological polar surface area (TPSA) is 105 Å². The van der Waals surface area contributed by atoms with Crippen molar-refractivity contribution in [3.8, 4) is 11.5 Å². The minimum absolute atomic E-state index is 0.0886. The van der Waals surface area contributed by atoms with E-state index in [2.05, 4.69) is 5.32 Å². The Morgan fingerprint density at radius 3 is 2.29 bits per heavy atom. The summed E-state index contributed by atoms with van der Waals surface area (Å²) in [6.07, 6.45) is 1.03. The summed E-state index contributed by atoms with van der Waals surface area (Å²) >= 11 is 0. The van der Waals surface area contributed by atoms with E-state index in [0.717, 1.165) is 21.7 Å². The molecule has 0 fully saturated rings. The number of rotatable bonds is 11. The summed E-state index contributed by atoms with van der Waals surface area (Å²) in [5.41, 5.74) is 1.80. The molecule has 0 saturated heterocycles. The van der Waals surface area contributed by atoms with Gasteiger partial charge in [-0.2, -0.15) is 0 Å². The van der Waals surface area contributed by atoms with Crippen LogP contribution in [0.25, 0.3) is 0 Å². The number of anilines is 1. The summed E-state index contributed by atoms with van der Waals surface area (Å²) in [6, 6.07) is 11.3. The Morgan fingerprint density at radius 2 is 1.71 bits per heavy atom. The number of nitrogens with zero attached hydrogens (tertiary/aromatic N) is 2. The molecule has 0 radical (unpaired) electrons. The fourth-order valence-corrected chi connectivity index (χ4v) is 4.39. The molecule has 0 saturated carbocycles. The highest BCUT2D eigenvalue weighted by atomic mass is 32.2. The first-order valence-corrected chi connectivity index (χ1v) is 13.1. The van der Waals surface area contributed by atoms with E-state index < -0.39 is 28.5 Å². The van der Waals surface area contributed by atoms with Crippen LogP contribution < -0.4 is 19.1 Å². The van der Waals surface area contributed by atoms with E-state index in [1.807, 2.05) is 26.8 Å². The molecule has 0 spiro atoms. The highest BCUT2D eigenvalue weighted by molar-refractivity contribution is 7.92. The molecule has 2 rings (SSSR count). The van der Waals surface area contributed by atoms with Crippen LogP contribution in [0.2, 0.25) is 0 Å². The van der Waals surface area contributed by atoms with Crippen LogP contribution in [-0.2, 0) is 26.2 Å². The average Bonchev–Trinajstić information content (AvgIpc) is 2.79. The van der Waals surface area contributed by atoms with E-state index in [4.69, 9.17) is 9.47 Å². The number of hydrogen-bond acceptors (Lipinski definition) is 6. The van der Waals surface area contributed by atoms with Gasteiger partial charge in [0.05, 0.1) is 26.2 Å². The lowest BCUT2D eigenvalue weighted by Gasteiger charge is -2.32. The van der Waals surface area contributed by atoms with Gasteiger partial charge in [0, 0.05) is 12.6 Å². The highest BCUT2D eigenvalue weighted by Gasteiger charge is 2.31. The second kappa shape index (κ2) is 11.9. The molecule has 10 heteroatoms. The van der Waals surface area contributed by atoms with Crippen molar-refractivity contribution in [2.75, 3.05) is 31.3 Å². The number of methoxy groups -OCH3 is 2. The van der Waals surface area contributed by atoms with E-state index in [0.29, 0.717) is 11.5 Å². The minimum atomic E-state index is -3.86. The quantitative estimate of drug-likeness (QED) is 0.504. The zero-order chi connectivity index (χ0) is 26.3. The van der Waals surface area contributed by atoms with Gasteiger partial charge in [0.25, 0.3) is 0 Å². The third-order valence-corrected chi connectivity index (χ3v) is 6.49. The molecule has 0 aliphatic carbocycles. The van der Waals surface area contributed by atoms with Gasteiger partial charge >= 0.3 is 0 Å². The van der Waals surface area contributed by atoms with E-state index in [9.17, 15) is 18.0 Å². The van der Waals surface area contributed by atoms with E-state index in [1.165, 1.54) is 12.0 Å². The van der Waals surface area contributed by atoms with E-state index >= 15 is 0 Å². The van der Waals surface area contributed by atoms with Crippen molar-refractivity contribution in [2.24, 2.45) is 0 Å². The van der Waals surface area contributed by atoms with Gasteiger partial charge in [-0.25, -0.2) is 8.42 Å². The molecule has 0 aliphatic rings. The molecule has 2 aromatic carbocycles. The lowest BCUT2D eigenvalue weighted by Crippen LogP contribution is -2.52. The maximum atomic E-state index is 13.6. The predicted octanol–water partition coefficient (Wildman–Crippen LogP) is 2.72. The van der Waals surface area contributed by atoms with E-state index in [1.54, 1.807) is 50.4 Å². The van der Waals surface area contributed by atoms with Crippen LogP contribution in [-0.4, -0.2) is 64.2 Å². The number of sulfonamides is 1. The van der Waals surface area contributed by atoms with Crippen molar-refractivity contribution in [1.29, 1.82) is 0 Å². The molecule has 0 aromatic heterocycles. The number of carbonyl (C=O) groups excluding carboxylic acids is 2. The fraction of sp³-hybridized carbons (Fsp3) is 0.440. The summed E-state index contributed by atoms with van der Waals surface area (Å²) in [4.78, 5) is 27.8. The predicted molar refractivity (Wildman–Crippen MR) is 136 cm³/mol. The van der Waals surface area contributed by atoms with Gasteiger partial charge in [0.15, 0.2) is 0 Å². The van der Waals surface area contributed by atoms with Gasteiger partial charge in [-0.15, -0.1) is 0 Å². The summed E-state index contributed by atoms with van der Waals surface area (Å²) in [6.45, 7) is 6.68. The number of ether oxygens (including phenoxy) is 2. The van der Waals surface area contributed by atoms with Gasteiger partial charge in [-0.1, -0.05) is 18.2 Å². The average molecular weight is 506 g/mol. The van der Waals surface area contributed by atoms with Crippen molar-refractivity contribution < 1.29 is 27.5 Å². The van der Waals surface area contributed by atoms with Crippen LogP contribution in [0.15, 0.2) is 42.5 Å². The van der Waals surface area contributed by atoms with Crippen LogP contribution in [0, 0.1) is 6.92 Å². The standard InChI is InChI=1S/C25H35N3O6S/c1-17(2)26-25(30)19(4)27(15-20-9-8-10-21(14-20)33-5)24(29)16-28(35(7,31)32)22-13-18(3)11-12-23(22)34-6/h8-14,17,19H,15-16H2,1-7H3,(H,26,30). The lowest BCUT2D eigenvalue weighted by molar-refractivity contribution is -0.139. The monoisotopic (exact) mass is 505 g/mol. The third-order valence-electron chi connectivity index (χ3n) is 5.37. The minimum Gasteiger partial charge on any atom is -0.497 e. The molecule has 1 N–H and O–H groups in total. The Morgan fingerprint density at radius 1 is 1.03 bits per heavy atom. The summed E-state index contributed by atoms with van der Waals surface area (Å²) < 4.78 is 37.2. The summed E-state index contributed by atoms with van der Waals surface area (Å²) in [5, 5.41) is 2.82. The number of nitrogens with one attached hydrogen (secondary N) is 1. The van der Waals surface area contributed by atoms with Gasteiger partial charge in [-0.05, 0) is 63.1 Å². The Labute approximate surface area is 208 Å². The molecule has 0 bridgehead atoms. The van der Waals surface area contributed by atoms with Crippen LogP contribution in [0.1, 0.15) is 31.9 Å². The number of hydrogen-bond donors (Lipinski definition) is 1. The first-order valence-electron chi connectivity index (χ1n) is 11.2. The zero-order valence-corrected chi connectivity index (χ0v) is 22.2. The molecule has 35 heavy (non-hydrogen) atoms. The molecule has 0 heterocycles. The van der Waals surface area contributed by atoms with E-state index in [-0.39, 0.29) is 24.2 Å². The van der Waals surface area contributed by atoms with Crippen molar-refractivity contribution in [3.63, 3.8) is 0 Å². The smallest absolute Gasteiger partial charge is 0.244 e. The largest absolute Gasteiger partial charge is 0.497 e. The third kappa shape index (κ3) is 7.61. The van der Waals surface area contributed by atoms with Crippen molar-refractivity contribution in [1.82, 2.24) is 10.2 Å². The number of aryl methyl sites for hydroxylation is 1. The van der Waals surface area contributed by atoms with Gasteiger partial charge in [0.2, 0.25) is 21.8 Å². The normalized spacial score (nSPS) is 12.1. The van der Waals surface area contributed by atoms with Crippen LogP contribution in [0.5, 0.6) is 11.5 Å². The molecule has 2 aromatic rings. The molecular weight excluding hydrogens is 470 g/mol. The number of amides is 2. The Hall–Kier alpha value is -3.27. The molecule has 1 atom stereocenters. The van der Waals surface area contributed by atoms with Crippen molar-refractivity contribution >= 4 is 27.5 Å². The Bertz CT molecular complexity index is 1150. The maximum absolute atomic E-state index is 13.6. The first kappa shape index (κ1) is 28.0. The van der Waals surface area contributed by atoms with Crippen LogP contribution in [0.4, 0.5) is 5.69 Å². The SMILES string of the molecule is COc1cccc(CN(C(=O)CN(c2cc(C)ccc2OC)S(C)(=O)=O)C(C)C(=O)NC(C)C)c1. The molecule has 192 valence electrons. The molecule has 9 nitrogen and oxygen atoms in total. The zero-order valence-electron chi connectivity index (χ0n) is 21.4. The molecule has 1 unspecified atom stereocenters. The molecule has 2 amide bonds. The van der Waals surface area contributed by atoms with Gasteiger partial charge in [-0.3, -0.25) is 13.9 Å². The summed E-state index contributed by atoms with van der Waals surface area (Å²) in [5.74, 6) is 0.0544. The Balaban J connectivity index is 2.48. The number of benzene rings is 2. The highest BCUT2D eigenvalue weighted by Crippen LogP contribution is 2.31. The second-order valence-corrected chi connectivity index (χ2v) is 10.6. The van der Waals surface area contributed by atoms with Crippen molar-refractivity contribution in [3.05, 3.63) is 53.6 Å². The van der Waals surface area contributed by atoms with Crippen molar-refractivity contribution in [2.45, 2.75) is 46.3 Å². The molecular formula is C25H35N3O6S. The summed E-state index contributed by atoms with van der Waals surface area (Å²) in [7, 11) is -0.883. The van der Waals surface area contributed by atoms with Crippen LogP contribution in [0.3, 0.4) is 0 Å². The van der Waals surface area contributed by atoms with Gasteiger partial charge < -0.3 is 19.7 Å². The maximum Gasteiger partial charge on any atom is 0.244 e. The van der Waals surface area contributed by atoms with Crippen LogP contribution >= 0.6 is 0 Å². The fourth-order valence-electron chi connectivity index (χ4n) is 3.54. The van der Waals surface area contributed by atoms with Gasteiger partial charge in [0.1, 0.15) is 24.1 Å². The molecule has 0 aliphatic heterocycles. The second-order valence-electron chi connectivity index (χ2n) is 8.66. The Kier molecular flexibility index (Phi) is 9.53. The number of carbonyl (C=O) groups is 2. The lowest BCUT2D eigenvalue weighted by atomic mass is 10.1. The first-order chi connectivity index (χ1) is 16.4.